The number of nitrogens with zero attached hydrogens (tertiary/aromatic N) is 2. The summed E-state index contributed by atoms with van der Waals surface area (Å²) < 4.78 is 18.1. The zero-order chi connectivity index (χ0) is 13.8. The molecule has 0 unspecified atom stereocenters. The van der Waals surface area contributed by atoms with E-state index in [0.717, 1.165) is 0 Å². The average molecular weight is 326 g/mol. The summed E-state index contributed by atoms with van der Waals surface area (Å²) in [6.45, 7) is 0. The number of rotatable bonds is 3. The number of aromatic nitrogens is 2. The number of ether oxygens (including phenoxy) is 1. The van der Waals surface area contributed by atoms with Crippen molar-refractivity contribution in [2.24, 2.45) is 0 Å². The molecule has 0 aliphatic carbocycles. The molecule has 1 aromatic heterocycles. The van der Waals surface area contributed by atoms with Crippen molar-refractivity contribution in [2.45, 2.75) is 0 Å². The van der Waals surface area contributed by atoms with Crippen LogP contribution in [0.25, 0.3) is 0 Å². The Kier molecular flexibility index (Phi) is 4.06. The van der Waals surface area contributed by atoms with E-state index in [2.05, 4.69) is 36.0 Å². The van der Waals surface area contributed by atoms with Gasteiger partial charge in [-0.05, 0) is 34.1 Å². The van der Waals surface area contributed by atoms with Crippen LogP contribution in [0.4, 0.5) is 15.9 Å². The molecule has 0 saturated heterocycles. The van der Waals surface area contributed by atoms with Crippen molar-refractivity contribution in [3.05, 3.63) is 46.6 Å². The fourth-order valence-electron chi connectivity index (χ4n) is 1.40. The molecule has 0 amide bonds. The number of esters is 1. The summed E-state index contributed by atoms with van der Waals surface area (Å²) in [5.41, 5.74) is 0.780. The number of carbonyl (C=O) groups excluding carboxylic acids is 1. The highest BCUT2D eigenvalue weighted by atomic mass is 79.9. The molecule has 1 N–H and O–H groups in total. The minimum atomic E-state index is -0.552. The maximum absolute atomic E-state index is 13.1. The highest BCUT2D eigenvalue weighted by molar-refractivity contribution is 9.10. The molecule has 0 atom stereocenters. The van der Waals surface area contributed by atoms with E-state index in [9.17, 15) is 9.18 Å². The van der Waals surface area contributed by atoms with Crippen LogP contribution in [0.3, 0.4) is 0 Å². The summed E-state index contributed by atoms with van der Waals surface area (Å²) in [6, 6.07) is 4.37. The van der Waals surface area contributed by atoms with Crippen molar-refractivity contribution in [2.75, 3.05) is 12.4 Å². The molecular formula is C12H9BrFN3O2. The Morgan fingerprint density at radius 2 is 2.26 bits per heavy atom. The van der Waals surface area contributed by atoms with Crippen LogP contribution in [0.5, 0.6) is 0 Å². The number of halogens is 2. The third-order valence-electron chi connectivity index (χ3n) is 2.30. The van der Waals surface area contributed by atoms with Gasteiger partial charge in [0.15, 0.2) is 0 Å². The van der Waals surface area contributed by atoms with Crippen LogP contribution in [-0.2, 0) is 4.74 Å². The molecule has 5 nitrogen and oxygen atoms in total. The van der Waals surface area contributed by atoms with E-state index in [1.807, 2.05) is 0 Å². The monoisotopic (exact) mass is 325 g/mol. The van der Waals surface area contributed by atoms with E-state index in [1.165, 1.54) is 31.8 Å². The molecule has 0 saturated carbocycles. The lowest BCUT2D eigenvalue weighted by Crippen LogP contribution is -2.08. The number of nitrogens with one attached hydrogen (secondary N) is 1. The summed E-state index contributed by atoms with van der Waals surface area (Å²) in [5.74, 6) is -0.633. The normalized spacial score (nSPS) is 10.1. The van der Waals surface area contributed by atoms with Gasteiger partial charge in [0, 0.05) is 11.9 Å². The molecule has 0 bridgehead atoms. The summed E-state index contributed by atoms with van der Waals surface area (Å²) in [7, 11) is 1.27. The SMILES string of the molecule is COC(=O)c1cncnc1Nc1ccc(F)c(Br)c1. The molecule has 2 rings (SSSR count). The van der Waals surface area contributed by atoms with Crippen LogP contribution in [-0.4, -0.2) is 23.0 Å². The van der Waals surface area contributed by atoms with E-state index >= 15 is 0 Å². The Hall–Kier alpha value is -2.02. The van der Waals surface area contributed by atoms with E-state index in [0.29, 0.717) is 16.0 Å². The predicted octanol–water partition coefficient (Wildman–Crippen LogP) is 2.91. The Balaban J connectivity index is 2.32. The molecule has 0 spiro atoms. The van der Waals surface area contributed by atoms with Gasteiger partial charge in [0.25, 0.3) is 0 Å². The number of methoxy groups -OCH3 is 1. The molecule has 0 aliphatic rings. The van der Waals surface area contributed by atoms with E-state index in [1.54, 1.807) is 6.07 Å². The van der Waals surface area contributed by atoms with Crippen LogP contribution < -0.4 is 5.32 Å². The molecule has 1 aromatic carbocycles. The summed E-state index contributed by atoms with van der Waals surface area (Å²) >= 11 is 3.08. The van der Waals surface area contributed by atoms with Crippen molar-refractivity contribution in [3.63, 3.8) is 0 Å². The Morgan fingerprint density at radius 3 is 2.95 bits per heavy atom. The second-order valence-corrected chi connectivity index (χ2v) is 4.38. The van der Waals surface area contributed by atoms with Gasteiger partial charge in [-0.1, -0.05) is 0 Å². The largest absolute Gasteiger partial charge is 0.465 e. The first-order valence-electron chi connectivity index (χ1n) is 5.22. The minimum Gasteiger partial charge on any atom is -0.465 e. The molecule has 7 heteroatoms. The third-order valence-corrected chi connectivity index (χ3v) is 2.91. The summed E-state index contributed by atoms with van der Waals surface area (Å²) in [6.07, 6.45) is 2.65. The molecule has 2 aromatic rings. The van der Waals surface area contributed by atoms with Gasteiger partial charge in [-0.15, -0.1) is 0 Å². The minimum absolute atomic E-state index is 0.199. The number of hydrogen-bond acceptors (Lipinski definition) is 5. The average Bonchev–Trinajstić information content (AvgIpc) is 2.43. The van der Waals surface area contributed by atoms with E-state index in [-0.39, 0.29) is 11.4 Å². The van der Waals surface area contributed by atoms with Crippen molar-refractivity contribution in [3.8, 4) is 0 Å². The van der Waals surface area contributed by atoms with Crippen LogP contribution in [0.2, 0.25) is 0 Å². The maximum atomic E-state index is 13.1. The lowest BCUT2D eigenvalue weighted by molar-refractivity contribution is 0.0601. The highest BCUT2D eigenvalue weighted by Crippen LogP contribution is 2.23. The topological polar surface area (TPSA) is 64.1 Å². The van der Waals surface area contributed by atoms with Crippen LogP contribution in [0, 0.1) is 5.82 Å². The molecule has 98 valence electrons. The quantitative estimate of drug-likeness (QED) is 0.879. The van der Waals surface area contributed by atoms with Crippen LogP contribution in [0.15, 0.2) is 35.2 Å². The zero-order valence-electron chi connectivity index (χ0n) is 9.85. The zero-order valence-corrected chi connectivity index (χ0v) is 11.4. The summed E-state index contributed by atoms with van der Waals surface area (Å²) in [4.78, 5) is 19.3. The van der Waals surface area contributed by atoms with Gasteiger partial charge in [-0.25, -0.2) is 19.2 Å². The smallest absolute Gasteiger partial charge is 0.343 e. The first kappa shape index (κ1) is 13.4. The highest BCUT2D eigenvalue weighted by Gasteiger charge is 2.13. The van der Waals surface area contributed by atoms with Gasteiger partial charge in [0.1, 0.15) is 23.5 Å². The maximum Gasteiger partial charge on any atom is 0.343 e. The summed E-state index contributed by atoms with van der Waals surface area (Å²) in [5, 5.41) is 2.91. The van der Waals surface area contributed by atoms with Gasteiger partial charge in [-0.3, -0.25) is 0 Å². The number of anilines is 2. The van der Waals surface area contributed by atoms with Gasteiger partial charge in [-0.2, -0.15) is 0 Å². The molecule has 0 fully saturated rings. The Bertz CT molecular complexity index is 622. The first-order chi connectivity index (χ1) is 9.11. The van der Waals surface area contributed by atoms with Crippen molar-refractivity contribution in [1.29, 1.82) is 0 Å². The molecule has 0 aliphatic heterocycles. The Morgan fingerprint density at radius 1 is 1.47 bits per heavy atom. The third kappa shape index (κ3) is 3.05. The second kappa shape index (κ2) is 5.75. The standard InChI is InChI=1S/C12H9BrFN3O2/c1-19-12(18)8-5-15-6-16-11(8)17-7-2-3-10(14)9(13)4-7/h2-6H,1H3,(H,15,16,17). The number of hydrogen-bond donors (Lipinski definition) is 1. The van der Waals surface area contributed by atoms with Gasteiger partial charge >= 0.3 is 5.97 Å². The van der Waals surface area contributed by atoms with Crippen molar-refractivity contribution >= 4 is 33.4 Å². The van der Waals surface area contributed by atoms with E-state index < -0.39 is 5.97 Å². The number of carbonyl (C=O) groups is 1. The molecule has 0 radical (unpaired) electrons. The molecular weight excluding hydrogens is 317 g/mol. The second-order valence-electron chi connectivity index (χ2n) is 3.53. The predicted molar refractivity (Wildman–Crippen MR) is 70.8 cm³/mol. The van der Waals surface area contributed by atoms with Crippen LogP contribution in [0.1, 0.15) is 10.4 Å². The van der Waals surface area contributed by atoms with Gasteiger partial charge < -0.3 is 10.1 Å². The molecule has 19 heavy (non-hydrogen) atoms. The van der Waals surface area contributed by atoms with Crippen LogP contribution >= 0.6 is 15.9 Å². The van der Waals surface area contributed by atoms with E-state index in [4.69, 9.17) is 0 Å². The lowest BCUT2D eigenvalue weighted by Gasteiger charge is -2.09. The van der Waals surface area contributed by atoms with Crippen molar-refractivity contribution < 1.29 is 13.9 Å². The molecule has 1 heterocycles. The van der Waals surface area contributed by atoms with Gasteiger partial charge in [0.05, 0.1) is 11.6 Å². The van der Waals surface area contributed by atoms with Crippen molar-refractivity contribution in [1.82, 2.24) is 9.97 Å². The lowest BCUT2D eigenvalue weighted by atomic mass is 10.2. The fraction of sp³-hybridized carbons (Fsp3) is 0.0833. The Labute approximate surface area is 117 Å². The number of benzene rings is 1. The first-order valence-corrected chi connectivity index (χ1v) is 6.01. The fourth-order valence-corrected chi connectivity index (χ4v) is 1.78. The van der Waals surface area contributed by atoms with Gasteiger partial charge in [0.2, 0.25) is 0 Å².